The summed E-state index contributed by atoms with van der Waals surface area (Å²) < 4.78 is 0.463. The Hall–Kier alpha value is 0.790. The van der Waals surface area contributed by atoms with E-state index in [1.165, 1.54) is 0 Å². The molecule has 0 fully saturated rings. The summed E-state index contributed by atoms with van der Waals surface area (Å²) in [5.41, 5.74) is 0. The van der Waals surface area contributed by atoms with Crippen molar-refractivity contribution in [3.8, 4) is 0 Å². The summed E-state index contributed by atoms with van der Waals surface area (Å²) in [5.74, 6) is 0. The Labute approximate surface area is 51.2 Å². The van der Waals surface area contributed by atoms with E-state index in [2.05, 4.69) is 23.4 Å². The summed E-state index contributed by atoms with van der Waals surface area (Å²) in [7, 11) is 0. The van der Waals surface area contributed by atoms with Gasteiger partial charge in [-0.2, -0.15) is 12.6 Å². The molecule has 1 rings (SSSR count). The van der Waals surface area contributed by atoms with E-state index < -0.39 is 0 Å². The second-order valence-electron chi connectivity index (χ2n) is 0.851. The van der Waals surface area contributed by atoms with E-state index in [1.54, 1.807) is 23.5 Å². The van der Waals surface area contributed by atoms with E-state index in [0.29, 0.717) is 3.91 Å². The van der Waals surface area contributed by atoms with Crippen LogP contribution in [0.1, 0.15) is 0 Å². The van der Waals surface area contributed by atoms with Crippen molar-refractivity contribution in [2.75, 3.05) is 0 Å². The molecule has 0 aromatic rings. The minimum atomic E-state index is 0.463. The first-order chi connectivity index (χ1) is 2.89. The predicted molar refractivity (Wildman–Crippen MR) is 37.1 cm³/mol. The molecule has 0 nitrogen and oxygen atoms in total. The van der Waals surface area contributed by atoms with Gasteiger partial charge in [-0.1, -0.05) is 0 Å². The van der Waals surface area contributed by atoms with Crippen LogP contribution in [0.4, 0.5) is 0 Å². The maximum absolute atomic E-state index is 4.16. The van der Waals surface area contributed by atoms with Gasteiger partial charge in [0.2, 0.25) is 0 Å². The van der Waals surface area contributed by atoms with Crippen molar-refractivity contribution in [1.29, 1.82) is 0 Å². The van der Waals surface area contributed by atoms with Crippen molar-refractivity contribution in [2.24, 2.45) is 0 Å². The molecule has 0 atom stereocenters. The first-order valence-corrected chi connectivity index (χ1v) is 3.94. The van der Waals surface area contributed by atoms with E-state index in [4.69, 9.17) is 0 Å². The SMILES string of the molecule is SC1SC=CS1. The molecule has 0 bridgehead atoms. The third kappa shape index (κ3) is 1.13. The van der Waals surface area contributed by atoms with Crippen LogP contribution in [-0.4, -0.2) is 3.91 Å². The summed E-state index contributed by atoms with van der Waals surface area (Å²) >= 11 is 7.64. The molecule has 1 heterocycles. The number of hydrogen-bond donors (Lipinski definition) is 1. The molecule has 6 heavy (non-hydrogen) atoms. The first-order valence-electron chi connectivity index (χ1n) is 1.53. The Morgan fingerprint density at radius 1 is 1.33 bits per heavy atom. The van der Waals surface area contributed by atoms with Crippen LogP contribution in [0.5, 0.6) is 0 Å². The van der Waals surface area contributed by atoms with E-state index in [-0.39, 0.29) is 0 Å². The van der Waals surface area contributed by atoms with E-state index in [9.17, 15) is 0 Å². The molecular weight excluding hydrogens is 132 g/mol. The van der Waals surface area contributed by atoms with E-state index >= 15 is 0 Å². The summed E-state index contributed by atoms with van der Waals surface area (Å²) in [5, 5.41) is 4.12. The summed E-state index contributed by atoms with van der Waals surface area (Å²) in [4.78, 5) is 0. The lowest BCUT2D eigenvalue weighted by Gasteiger charge is -1.90. The number of thiol groups is 1. The lowest BCUT2D eigenvalue weighted by atomic mass is 11.3. The lowest BCUT2D eigenvalue weighted by Crippen LogP contribution is -1.67. The van der Waals surface area contributed by atoms with Gasteiger partial charge in [-0.05, 0) is 10.8 Å². The fourth-order valence-electron chi connectivity index (χ4n) is 0.231. The molecule has 0 amide bonds. The predicted octanol–water partition coefficient (Wildman–Crippen LogP) is 2.15. The summed E-state index contributed by atoms with van der Waals surface area (Å²) in [6, 6.07) is 0. The van der Waals surface area contributed by atoms with Gasteiger partial charge in [0.05, 0.1) is 0 Å². The van der Waals surface area contributed by atoms with Crippen molar-refractivity contribution >= 4 is 36.2 Å². The van der Waals surface area contributed by atoms with Crippen LogP contribution >= 0.6 is 36.2 Å². The van der Waals surface area contributed by atoms with Crippen molar-refractivity contribution in [1.82, 2.24) is 0 Å². The maximum Gasteiger partial charge on any atom is 0.101 e. The molecule has 0 radical (unpaired) electrons. The first kappa shape index (κ1) is 4.94. The molecule has 0 saturated heterocycles. The minimum absolute atomic E-state index is 0.463. The summed E-state index contributed by atoms with van der Waals surface area (Å²) in [6.07, 6.45) is 0. The van der Waals surface area contributed by atoms with Gasteiger partial charge in [-0.15, -0.1) is 23.5 Å². The number of hydrogen-bond acceptors (Lipinski definition) is 3. The molecule has 0 unspecified atom stereocenters. The van der Waals surface area contributed by atoms with Gasteiger partial charge in [-0.3, -0.25) is 0 Å². The van der Waals surface area contributed by atoms with Crippen molar-refractivity contribution < 1.29 is 0 Å². The second-order valence-corrected chi connectivity index (χ2v) is 4.40. The summed E-state index contributed by atoms with van der Waals surface area (Å²) in [6.45, 7) is 0. The van der Waals surface area contributed by atoms with Gasteiger partial charge in [0.25, 0.3) is 0 Å². The molecule has 1 aliphatic heterocycles. The monoisotopic (exact) mass is 136 g/mol. The number of rotatable bonds is 0. The molecule has 1 aliphatic rings. The Morgan fingerprint density at radius 2 is 1.83 bits per heavy atom. The zero-order chi connectivity index (χ0) is 4.41. The van der Waals surface area contributed by atoms with E-state index in [0.717, 1.165) is 0 Å². The van der Waals surface area contributed by atoms with Crippen LogP contribution in [0.3, 0.4) is 0 Å². The van der Waals surface area contributed by atoms with Gasteiger partial charge < -0.3 is 0 Å². The smallest absolute Gasteiger partial charge is 0.101 e. The van der Waals surface area contributed by atoms with Crippen LogP contribution in [0.2, 0.25) is 0 Å². The number of thioether (sulfide) groups is 2. The second kappa shape index (κ2) is 2.19. The van der Waals surface area contributed by atoms with Gasteiger partial charge in [0, 0.05) is 0 Å². The zero-order valence-electron chi connectivity index (χ0n) is 3.00. The van der Waals surface area contributed by atoms with Gasteiger partial charge in [0.15, 0.2) is 0 Å². The molecule has 0 N–H and O–H groups in total. The highest BCUT2D eigenvalue weighted by atomic mass is 32.3. The highest BCUT2D eigenvalue weighted by Gasteiger charge is 2.02. The fraction of sp³-hybridized carbons (Fsp3) is 0.333. The third-order valence-corrected chi connectivity index (χ3v) is 3.07. The van der Waals surface area contributed by atoms with Crippen LogP contribution in [0.15, 0.2) is 10.8 Å². The largest absolute Gasteiger partial charge is 0.154 e. The molecule has 3 heteroatoms. The standard InChI is InChI=1S/C3H4S3/c4-3-5-1-2-6-3/h1-4H. The normalized spacial score (nSPS) is 22.8. The Morgan fingerprint density at radius 3 is 2.00 bits per heavy atom. The van der Waals surface area contributed by atoms with Crippen LogP contribution in [-0.2, 0) is 0 Å². The molecule has 0 aromatic carbocycles. The Bertz CT molecular complexity index is 60.4. The van der Waals surface area contributed by atoms with E-state index in [1.807, 2.05) is 0 Å². The lowest BCUT2D eigenvalue weighted by molar-refractivity contribution is 2.14. The van der Waals surface area contributed by atoms with Crippen LogP contribution in [0.25, 0.3) is 0 Å². The van der Waals surface area contributed by atoms with Crippen molar-refractivity contribution in [3.05, 3.63) is 10.8 Å². The van der Waals surface area contributed by atoms with Gasteiger partial charge >= 0.3 is 0 Å². The highest BCUT2D eigenvalue weighted by Crippen LogP contribution is 2.35. The van der Waals surface area contributed by atoms with Crippen LogP contribution in [0, 0.1) is 0 Å². The average molecular weight is 136 g/mol. The van der Waals surface area contributed by atoms with Gasteiger partial charge in [0.1, 0.15) is 3.91 Å². The van der Waals surface area contributed by atoms with Crippen molar-refractivity contribution in [2.45, 2.75) is 3.91 Å². The molecule has 34 valence electrons. The maximum atomic E-state index is 4.16. The van der Waals surface area contributed by atoms with Crippen molar-refractivity contribution in [3.63, 3.8) is 0 Å². The Kier molecular flexibility index (Phi) is 1.80. The van der Waals surface area contributed by atoms with Gasteiger partial charge in [-0.25, -0.2) is 0 Å². The minimum Gasteiger partial charge on any atom is -0.154 e. The molecule has 0 spiro atoms. The molecular formula is C3H4S3. The van der Waals surface area contributed by atoms with Crippen LogP contribution < -0.4 is 0 Å². The quantitative estimate of drug-likeness (QED) is 0.507. The fourth-order valence-corrected chi connectivity index (χ4v) is 2.08. The molecule has 0 aromatic heterocycles. The molecule has 0 aliphatic carbocycles. The average Bonchev–Trinajstić information content (AvgIpc) is 1.86. The zero-order valence-corrected chi connectivity index (χ0v) is 5.52. The molecule has 0 saturated carbocycles. The Balaban J connectivity index is 2.32. The topological polar surface area (TPSA) is 0 Å². The highest BCUT2D eigenvalue weighted by molar-refractivity contribution is 8.31. The third-order valence-electron chi connectivity index (χ3n) is 0.446.